The van der Waals surface area contributed by atoms with Crippen molar-refractivity contribution in [3.63, 3.8) is 0 Å². The molecule has 0 saturated heterocycles. The van der Waals surface area contributed by atoms with Crippen LogP contribution in [-0.2, 0) is 29.4 Å². The molecule has 320 valence electrons. The Labute approximate surface area is 356 Å². The molecule has 0 aliphatic rings. The molecule has 0 aromatic heterocycles. The minimum Gasteiger partial charge on any atom is -0.497 e. The van der Waals surface area contributed by atoms with Crippen LogP contribution in [-0.4, -0.2) is 63.3 Å². The van der Waals surface area contributed by atoms with E-state index in [-0.39, 0.29) is 35.4 Å². The van der Waals surface area contributed by atoms with Gasteiger partial charge in [0.15, 0.2) is 16.6 Å². The zero-order chi connectivity index (χ0) is 42.7. The molecule has 0 aliphatic heterocycles. The van der Waals surface area contributed by atoms with Gasteiger partial charge in [0, 0.05) is 25.4 Å². The van der Waals surface area contributed by atoms with Crippen LogP contribution in [0.25, 0.3) is 0 Å². The maximum absolute atomic E-state index is 13.7. The molecular weight excluding hydrogens is 769 g/mol. The van der Waals surface area contributed by atoms with E-state index in [1.807, 2.05) is 24.3 Å². The molecular formula is C49H76O6Si3. The Morgan fingerprint density at radius 3 is 1.71 bits per heavy atom. The first-order chi connectivity index (χ1) is 27.8. The number of carbonyl (C=O) groups excluding carboxylic acids is 1. The van der Waals surface area contributed by atoms with Crippen LogP contribution in [0.5, 0.6) is 5.75 Å². The van der Waals surface area contributed by atoms with Gasteiger partial charge in [0.05, 0.1) is 32.5 Å². The van der Waals surface area contributed by atoms with Crippen molar-refractivity contribution in [1.29, 1.82) is 0 Å². The minimum atomic E-state index is -2.75. The number of Topliss-reactive ketones (excluding diaryl/α,β-unsaturated/α-hetero) is 1. The molecule has 0 fully saturated rings. The highest BCUT2D eigenvalue weighted by Gasteiger charge is 2.50. The molecule has 0 aliphatic carbocycles. The number of ether oxygens (including phenoxy) is 2. The minimum absolute atomic E-state index is 0.000114. The first-order valence-electron chi connectivity index (χ1n) is 22.1. The van der Waals surface area contributed by atoms with E-state index in [0.717, 1.165) is 60.4 Å². The molecule has 0 saturated carbocycles. The molecule has 0 bridgehead atoms. The molecule has 3 atom stereocenters. The third kappa shape index (κ3) is 13.9. The maximum Gasteiger partial charge on any atom is 0.261 e. The average Bonchev–Trinajstić information content (AvgIpc) is 3.24. The molecule has 9 heteroatoms. The number of hydrogen-bond acceptors (Lipinski definition) is 6. The summed E-state index contributed by atoms with van der Waals surface area (Å²) in [5.41, 5.74) is 1.11. The van der Waals surface area contributed by atoms with Gasteiger partial charge in [0.1, 0.15) is 5.75 Å². The van der Waals surface area contributed by atoms with Crippen molar-refractivity contribution < 1.29 is 27.5 Å². The SMILES string of the molecule is CC[Si](CC)(CC)O[C@@H](CCCC#CC(=O)C[C@H](O[Si](CC)(CC)CC)[C@H](C)CO[Si](c1ccccc1)(c1ccccc1)C(C)(C)C)COCc1ccc(OC)cc1. The van der Waals surface area contributed by atoms with E-state index in [1.165, 1.54) is 10.4 Å². The Bertz CT molecular complexity index is 1600. The average molecular weight is 845 g/mol. The smallest absolute Gasteiger partial charge is 0.261 e. The lowest BCUT2D eigenvalue weighted by Crippen LogP contribution is -2.67. The highest BCUT2D eigenvalue weighted by Crippen LogP contribution is 2.38. The molecule has 0 unspecified atom stereocenters. The number of carbonyl (C=O) groups is 1. The third-order valence-corrected chi connectivity index (χ3v) is 26.8. The van der Waals surface area contributed by atoms with Crippen molar-refractivity contribution in [1.82, 2.24) is 0 Å². The van der Waals surface area contributed by atoms with Crippen LogP contribution < -0.4 is 15.1 Å². The Hall–Kier alpha value is -2.82. The van der Waals surface area contributed by atoms with Gasteiger partial charge in [-0.3, -0.25) is 4.79 Å². The van der Waals surface area contributed by atoms with Crippen LogP contribution >= 0.6 is 0 Å². The van der Waals surface area contributed by atoms with E-state index in [9.17, 15) is 4.79 Å². The van der Waals surface area contributed by atoms with Crippen LogP contribution in [0.3, 0.4) is 0 Å². The second kappa shape index (κ2) is 24.4. The second-order valence-corrected chi connectivity index (χ2v) is 30.8. The van der Waals surface area contributed by atoms with Gasteiger partial charge in [0.25, 0.3) is 8.32 Å². The van der Waals surface area contributed by atoms with Crippen LogP contribution in [0, 0.1) is 17.8 Å². The standard InChI is InChI=1S/C49H76O6Si3/c1-12-56(13-2,14-3)54-45(40-52-39-42-33-35-44(51-11)36-34-42)28-22-18-21-27-43(50)37-48(55-57(15-4,16-5)17-6)41(7)38-53-58(49(8,9)10,46-29-23-19-24-30-46)47-31-25-20-26-32-47/h19-20,23-26,29-36,41,45,48H,12-18,22,28,37-40H2,1-11H3/t41-,45+,48+/m1/s1. The zero-order valence-corrected chi connectivity index (χ0v) is 41.0. The Kier molecular flexibility index (Phi) is 20.9. The van der Waals surface area contributed by atoms with E-state index in [4.69, 9.17) is 22.8 Å². The molecule has 0 N–H and O–H groups in total. The molecule has 3 aromatic carbocycles. The van der Waals surface area contributed by atoms with Crippen molar-refractivity contribution in [2.45, 2.75) is 155 Å². The van der Waals surface area contributed by atoms with E-state index in [1.54, 1.807) is 7.11 Å². The van der Waals surface area contributed by atoms with Crippen LogP contribution in [0.15, 0.2) is 84.9 Å². The van der Waals surface area contributed by atoms with E-state index < -0.39 is 25.0 Å². The van der Waals surface area contributed by atoms with Crippen LogP contribution in [0.2, 0.25) is 41.3 Å². The molecule has 3 aromatic rings. The summed E-state index contributed by atoms with van der Waals surface area (Å²) < 4.78 is 33.0. The topological polar surface area (TPSA) is 63.2 Å². The fourth-order valence-corrected chi connectivity index (χ4v) is 18.7. The summed E-state index contributed by atoms with van der Waals surface area (Å²) in [6.07, 6.45) is 2.35. The molecule has 0 radical (unpaired) electrons. The predicted molar refractivity (Wildman–Crippen MR) is 251 cm³/mol. The van der Waals surface area contributed by atoms with Gasteiger partial charge in [0.2, 0.25) is 5.78 Å². The number of hydrogen-bond donors (Lipinski definition) is 0. The van der Waals surface area contributed by atoms with E-state index >= 15 is 0 Å². The summed E-state index contributed by atoms with van der Waals surface area (Å²) in [6.45, 7) is 24.2. The van der Waals surface area contributed by atoms with Gasteiger partial charge in [-0.05, 0) is 88.1 Å². The van der Waals surface area contributed by atoms with Crippen molar-refractivity contribution in [3.8, 4) is 17.6 Å². The molecule has 0 amide bonds. The summed E-state index contributed by atoms with van der Waals surface area (Å²) in [4.78, 5) is 13.7. The summed E-state index contributed by atoms with van der Waals surface area (Å²) in [7, 11) is -4.96. The van der Waals surface area contributed by atoms with Gasteiger partial charge in [-0.1, -0.05) is 148 Å². The van der Waals surface area contributed by atoms with Crippen molar-refractivity contribution in [3.05, 3.63) is 90.5 Å². The monoisotopic (exact) mass is 844 g/mol. The highest BCUT2D eigenvalue weighted by molar-refractivity contribution is 6.99. The van der Waals surface area contributed by atoms with Crippen LogP contribution in [0.1, 0.15) is 100 Å². The summed E-state index contributed by atoms with van der Waals surface area (Å²) in [5.74, 6) is 7.05. The van der Waals surface area contributed by atoms with Crippen molar-refractivity contribution >= 4 is 41.1 Å². The van der Waals surface area contributed by atoms with Gasteiger partial charge >= 0.3 is 0 Å². The first kappa shape index (κ1) is 49.5. The Morgan fingerprint density at radius 1 is 0.707 bits per heavy atom. The van der Waals surface area contributed by atoms with Gasteiger partial charge in [-0.15, -0.1) is 0 Å². The van der Waals surface area contributed by atoms with Gasteiger partial charge < -0.3 is 22.8 Å². The molecule has 0 spiro atoms. The molecule has 58 heavy (non-hydrogen) atoms. The van der Waals surface area contributed by atoms with Crippen LogP contribution in [0.4, 0.5) is 0 Å². The highest BCUT2D eigenvalue weighted by atomic mass is 28.4. The molecule has 6 nitrogen and oxygen atoms in total. The number of unbranched alkanes of at least 4 members (excludes halogenated alkanes) is 1. The lowest BCUT2D eigenvalue weighted by molar-refractivity contribution is -0.116. The lowest BCUT2D eigenvalue weighted by atomic mass is 10.0. The normalized spacial score (nSPS) is 14.0. The van der Waals surface area contributed by atoms with E-state index in [0.29, 0.717) is 26.2 Å². The quantitative estimate of drug-likeness (QED) is 0.0347. The van der Waals surface area contributed by atoms with Gasteiger partial charge in [-0.25, -0.2) is 0 Å². The number of ketones is 1. The summed E-state index contributed by atoms with van der Waals surface area (Å²) in [6, 6.07) is 35.9. The number of rotatable bonds is 26. The predicted octanol–water partition coefficient (Wildman–Crippen LogP) is 11.3. The fraction of sp³-hybridized carbons (Fsp3) is 0.571. The number of methoxy groups -OCH3 is 1. The van der Waals surface area contributed by atoms with Crippen molar-refractivity contribution in [2.24, 2.45) is 5.92 Å². The largest absolute Gasteiger partial charge is 0.497 e. The zero-order valence-electron chi connectivity index (χ0n) is 38.0. The van der Waals surface area contributed by atoms with Gasteiger partial charge in [-0.2, -0.15) is 0 Å². The third-order valence-electron chi connectivity index (χ3n) is 12.5. The fourth-order valence-electron chi connectivity index (χ4n) is 8.18. The lowest BCUT2D eigenvalue weighted by Gasteiger charge is -2.44. The first-order valence-corrected chi connectivity index (χ1v) is 29.1. The molecule has 0 heterocycles. The Balaban J connectivity index is 1.76. The summed E-state index contributed by atoms with van der Waals surface area (Å²) in [5, 5.41) is 2.37. The number of benzene rings is 3. The second-order valence-electron chi connectivity index (χ2n) is 17.0. The maximum atomic E-state index is 13.7. The van der Waals surface area contributed by atoms with E-state index in [2.05, 4.69) is 142 Å². The van der Waals surface area contributed by atoms with Crippen molar-refractivity contribution in [2.75, 3.05) is 20.3 Å². The molecule has 3 rings (SSSR count). The summed E-state index contributed by atoms with van der Waals surface area (Å²) >= 11 is 0. The Morgan fingerprint density at radius 2 is 1.22 bits per heavy atom.